The number of aliphatic hydroxyl groups excluding tert-OH is 2. The molecule has 0 radical (unpaired) electrons. The maximum Gasteiger partial charge on any atom is 0.0745 e. The first-order valence-corrected chi connectivity index (χ1v) is 9.35. The zero-order chi connectivity index (χ0) is 17.7. The van der Waals surface area contributed by atoms with Gasteiger partial charge in [0.05, 0.1) is 6.10 Å². The molecule has 1 aliphatic heterocycles. The maximum atomic E-state index is 10.9. The Bertz CT molecular complexity index is 922. The lowest BCUT2D eigenvalue weighted by Gasteiger charge is -2.17. The predicted molar refractivity (Wildman–Crippen MR) is 102 cm³/mol. The summed E-state index contributed by atoms with van der Waals surface area (Å²) in [5.41, 5.74) is 3.46. The van der Waals surface area contributed by atoms with Crippen LogP contribution in [0.25, 0.3) is 10.9 Å². The van der Waals surface area contributed by atoms with E-state index in [2.05, 4.69) is 46.3 Å². The van der Waals surface area contributed by atoms with Crippen molar-refractivity contribution in [3.05, 3.63) is 71.9 Å². The van der Waals surface area contributed by atoms with Gasteiger partial charge in [0.2, 0.25) is 0 Å². The second-order valence-electron chi connectivity index (χ2n) is 7.83. The van der Waals surface area contributed by atoms with Crippen molar-refractivity contribution in [1.82, 2.24) is 9.88 Å². The Kier molecular flexibility index (Phi) is 3.67. The van der Waals surface area contributed by atoms with E-state index in [4.69, 9.17) is 0 Å². The number of hydrogen-bond donors (Lipinski definition) is 3. The van der Waals surface area contributed by atoms with Crippen LogP contribution in [0.15, 0.2) is 60.8 Å². The van der Waals surface area contributed by atoms with Crippen LogP contribution in [0.2, 0.25) is 0 Å². The van der Waals surface area contributed by atoms with Crippen LogP contribution in [0.1, 0.15) is 17.0 Å². The summed E-state index contributed by atoms with van der Waals surface area (Å²) < 4.78 is 0. The molecule has 1 saturated heterocycles. The van der Waals surface area contributed by atoms with Crippen LogP contribution in [0, 0.1) is 11.3 Å². The highest BCUT2D eigenvalue weighted by atomic mass is 16.3. The van der Waals surface area contributed by atoms with E-state index in [0.717, 1.165) is 13.1 Å². The Labute approximate surface area is 153 Å². The minimum atomic E-state index is -0.396. The van der Waals surface area contributed by atoms with Gasteiger partial charge in [0.1, 0.15) is 0 Å². The van der Waals surface area contributed by atoms with E-state index < -0.39 is 6.10 Å². The predicted octanol–water partition coefficient (Wildman–Crippen LogP) is 2.74. The number of para-hydroxylation sites is 1. The largest absolute Gasteiger partial charge is 0.396 e. The van der Waals surface area contributed by atoms with Crippen molar-refractivity contribution < 1.29 is 10.2 Å². The van der Waals surface area contributed by atoms with Crippen molar-refractivity contribution in [2.75, 3.05) is 19.7 Å². The first-order chi connectivity index (χ1) is 12.7. The van der Waals surface area contributed by atoms with Crippen LogP contribution in [0.3, 0.4) is 0 Å². The summed E-state index contributed by atoms with van der Waals surface area (Å²) in [5, 5.41) is 22.1. The monoisotopic (exact) mass is 348 g/mol. The Hall–Kier alpha value is -2.14. The molecule has 4 nitrogen and oxygen atoms in total. The number of likely N-dealkylation sites (tertiary alicyclic amines) is 1. The lowest BCUT2D eigenvalue weighted by atomic mass is 9.95. The number of aliphatic hydroxyl groups is 2. The Morgan fingerprint density at radius 3 is 2.73 bits per heavy atom. The number of rotatable bonds is 4. The van der Waals surface area contributed by atoms with Crippen LogP contribution in [-0.2, 0) is 6.54 Å². The normalized spacial score (nSPS) is 31.1. The van der Waals surface area contributed by atoms with Gasteiger partial charge in [0, 0.05) is 43.4 Å². The number of H-pyrrole nitrogens is 1. The highest BCUT2D eigenvalue weighted by Crippen LogP contribution is 2.68. The second-order valence-corrected chi connectivity index (χ2v) is 7.83. The molecule has 0 unspecified atom stereocenters. The van der Waals surface area contributed by atoms with Gasteiger partial charge in [0.25, 0.3) is 0 Å². The lowest BCUT2D eigenvalue weighted by Crippen LogP contribution is -2.23. The number of benzene rings is 2. The highest BCUT2D eigenvalue weighted by Gasteiger charge is 2.70. The van der Waals surface area contributed by atoms with Gasteiger partial charge in [-0.15, -0.1) is 0 Å². The summed E-state index contributed by atoms with van der Waals surface area (Å²) in [5.74, 6) is 0.390. The SMILES string of the molecule is OC[C@@H]1[C@@H](c2ccccc2)[C@]12CN(Cc1cccc3cc[nH]c13)C[C@H]2O. The molecule has 2 aromatic carbocycles. The van der Waals surface area contributed by atoms with Crippen LogP contribution < -0.4 is 0 Å². The molecule has 1 aliphatic carbocycles. The molecule has 2 aliphatic rings. The maximum absolute atomic E-state index is 10.9. The summed E-state index contributed by atoms with van der Waals surface area (Å²) in [6, 6.07) is 18.8. The minimum absolute atomic E-state index is 0.136. The molecule has 134 valence electrons. The van der Waals surface area contributed by atoms with E-state index in [0.29, 0.717) is 6.54 Å². The Balaban J connectivity index is 1.41. The van der Waals surface area contributed by atoms with Gasteiger partial charge in [-0.1, -0.05) is 48.5 Å². The zero-order valence-corrected chi connectivity index (χ0v) is 14.7. The first-order valence-electron chi connectivity index (χ1n) is 9.35. The molecular formula is C22H24N2O2. The van der Waals surface area contributed by atoms with Crippen molar-refractivity contribution in [3.8, 4) is 0 Å². The van der Waals surface area contributed by atoms with Crippen molar-refractivity contribution in [2.45, 2.75) is 18.6 Å². The molecule has 1 spiro atoms. The molecule has 3 aromatic rings. The third kappa shape index (κ3) is 2.26. The summed E-state index contributed by atoms with van der Waals surface area (Å²) in [7, 11) is 0. The van der Waals surface area contributed by atoms with Crippen LogP contribution in [0.5, 0.6) is 0 Å². The molecule has 4 atom stereocenters. The van der Waals surface area contributed by atoms with E-state index in [1.165, 1.54) is 22.0 Å². The number of aromatic amines is 1. The average molecular weight is 348 g/mol. The Morgan fingerprint density at radius 1 is 1.08 bits per heavy atom. The molecule has 1 aromatic heterocycles. The third-order valence-corrected chi connectivity index (χ3v) is 6.53. The number of β-amino-alcohol motifs (C(OH)–C–C–N with tert-alkyl or cyclic N) is 1. The number of nitrogens with zero attached hydrogens (tertiary/aromatic N) is 1. The molecule has 0 amide bonds. The van der Waals surface area contributed by atoms with E-state index in [-0.39, 0.29) is 23.9 Å². The molecule has 3 N–H and O–H groups in total. The summed E-state index contributed by atoms with van der Waals surface area (Å²) >= 11 is 0. The fourth-order valence-corrected chi connectivity index (χ4v) is 5.30. The van der Waals surface area contributed by atoms with Crippen molar-refractivity contribution in [2.24, 2.45) is 11.3 Å². The van der Waals surface area contributed by atoms with Gasteiger partial charge in [-0.2, -0.15) is 0 Å². The third-order valence-electron chi connectivity index (χ3n) is 6.53. The van der Waals surface area contributed by atoms with E-state index in [9.17, 15) is 10.2 Å². The van der Waals surface area contributed by atoms with E-state index in [1.807, 2.05) is 24.4 Å². The molecule has 26 heavy (non-hydrogen) atoms. The van der Waals surface area contributed by atoms with E-state index in [1.54, 1.807) is 0 Å². The summed E-state index contributed by atoms with van der Waals surface area (Å²) in [6.07, 6.45) is 1.58. The van der Waals surface area contributed by atoms with E-state index >= 15 is 0 Å². The molecule has 1 saturated carbocycles. The van der Waals surface area contributed by atoms with Crippen LogP contribution >= 0.6 is 0 Å². The number of nitrogens with one attached hydrogen (secondary N) is 1. The fraction of sp³-hybridized carbons (Fsp3) is 0.364. The highest BCUT2D eigenvalue weighted by molar-refractivity contribution is 5.82. The first kappa shape index (κ1) is 16.1. The minimum Gasteiger partial charge on any atom is -0.396 e. The molecular weight excluding hydrogens is 324 g/mol. The van der Waals surface area contributed by atoms with Gasteiger partial charge in [-0.05, 0) is 34.4 Å². The standard InChI is InChI=1S/C22H24N2O2/c25-13-18-20(15-5-2-1-3-6-15)22(18)14-24(12-19(22)26)11-17-8-4-7-16-9-10-23-21(16)17/h1-10,18-20,23,25-26H,11-14H2/t18-,19-,20-,22-/m1/s1. The van der Waals surface area contributed by atoms with Crippen molar-refractivity contribution >= 4 is 10.9 Å². The molecule has 5 rings (SSSR count). The number of fused-ring (bicyclic) bond motifs is 1. The quantitative estimate of drug-likeness (QED) is 0.679. The Morgan fingerprint density at radius 2 is 1.92 bits per heavy atom. The van der Waals surface area contributed by atoms with Crippen LogP contribution in [-0.4, -0.2) is 45.9 Å². The molecule has 2 fully saturated rings. The zero-order valence-electron chi connectivity index (χ0n) is 14.7. The van der Waals surface area contributed by atoms with Crippen LogP contribution in [0.4, 0.5) is 0 Å². The van der Waals surface area contributed by atoms with Crippen molar-refractivity contribution in [1.29, 1.82) is 0 Å². The summed E-state index contributed by atoms with van der Waals surface area (Å²) in [4.78, 5) is 5.67. The number of aromatic nitrogens is 1. The van der Waals surface area contributed by atoms with Crippen molar-refractivity contribution in [3.63, 3.8) is 0 Å². The average Bonchev–Trinajstić information content (AvgIpc) is 2.92. The number of hydrogen-bond acceptors (Lipinski definition) is 3. The molecule has 4 heteroatoms. The van der Waals surface area contributed by atoms with Gasteiger partial charge >= 0.3 is 0 Å². The van der Waals surface area contributed by atoms with Gasteiger partial charge in [-0.3, -0.25) is 4.90 Å². The lowest BCUT2D eigenvalue weighted by molar-refractivity contribution is 0.111. The topological polar surface area (TPSA) is 59.5 Å². The van der Waals surface area contributed by atoms with Gasteiger partial charge in [-0.25, -0.2) is 0 Å². The smallest absolute Gasteiger partial charge is 0.0745 e. The molecule has 2 heterocycles. The fourth-order valence-electron chi connectivity index (χ4n) is 5.30. The second kappa shape index (κ2) is 5.95. The summed E-state index contributed by atoms with van der Waals surface area (Å²) in [6.45, 7) is 2.44. The van der Waals surface area contributed by atoms with Gasteiger partial charge < -0.3 is 15.2 Å². The van der Waals surface area contributed by atoms with Gasteiger partial charge in [0.15, 0.2) is 0 Å². The molecule has 0 bridgehead atoms.